The Hall–Kier alpha value is -1.26. The molecule has 5 nitrogen and oxygen atoms in total. The normalized spacial score (nSPS) is 20.1. The summed E-state index contributed by atoms with van der Waals surface area (Å²) in [6, 6.07) is 0.0237. The summed E-state index contributed by atoms with van der Waals surface area (Å²) in [5.41, 5.74) is 5.03. The largest absolute Gasteiger partial charge is 0.370 e. The molecule has 17 heavy (non-hydrogen) atoms. The Labute approximate surface area is 103 Å². The number of carbonyl (C=O) groups is 2. The van der Waals surface area contributed by atoms with Crippen LogP contribution in [0.15, 0.2) is 0 Å². The maximum atomic E-state index is 11.8. The summed E-state index contributed by atoms with van der Waals surface area (Å²) in [5.74, 6) is 0.325. The van der Waals surface area contributed by atoms with Crippen LogP contribution in [0.4, 0.5) is 4.79 Å². The fraction of sp³-hybridized carbons (Fsp3) is 0.833. The van der Waals surface area contributed by atoms with Crippen molar-refractivity contribution in [3.8, 4) is 0 Å². The molecule has 0 aromatic carbocycles. The third kappa shape index (κ3) is 5.56. The molecular weight excluding hydrogens is 218 g/mol. The van der Waals surface area contributed by atoms with Gasteiger partial charge in [-0.25, -0.2) is 4.79 Å². The fourth-order valence-electron chi connectivity index (χ4n) is 2.11. The Morgan fingerprint density at radius 1 is 1.41 bits per heavy atom. The highest BCUT2D eigenvalue weighted by Gasteiger charge is 2.20. The van der Waals surface area contributed by atoms with Crippen LogP contribution >= 0.6 is 0 Å². The van der Waals surface area contributed by atoms with Gasteiger partial charge in [0, 0.05) is 26.1 Å². The SMILES string of the molecule is CC1CCCN(C(=O)NCCCCC(N)=O)C1. The zero-order valence-electron chi connectivity index (χ0n) is 10.6. The Morgan fingerprint density at radius 2 is 2.18 bits per heavy atom. The Bertz CT molecular complexity index is 268. The number of hydrogen-bond donors (Lipinski definition) is 2. The maximum Gasteiger partial charge on any atom is 0.317 e. The molecule has 3 N–H and O–H groups in total. The summed E-state index contributed by atoms with van der Waals surface area (Å²) < 4.78 is 0. The third-order valence-corrected chi connectivity index (χ3v) is 3.07. The number of urea groups is 1. The monoisotopic (exact) mass is 241 g/mol. The third-order valence-electron chi connectivity index (χ3n) is 3.07. The van der Waals surface area contributed by atoms with Crippen molar-refractivity contribution in [3.05, 3.63) is 0 Å². The summed E-state index contributed by atoms with van der Waals surface area (Å²) in [6.45, 7) is 4.51. The zero-order valence-corrected chi connectivity index (χ0v) is 10.6. The molecule has 1 rings (SSSR count). The summed E-state index contributed by atoms with van der Waals surface area (Å²) in [6.07, 6.45) is 4.25. The van der Waals surface area contributed by atoms with Crippen LogP contribution < -0.4 is 11.1 Å². The Morgan fingerprint density at radius 3 is 2.82 bits per heavy atom. The van der Waals surface area contributed by atoms with Gasteiger partial charge in [0.25, 0.3) is 0 Å². The molecule has 1 saturated heterocycles. The Balaban J connectivity index is 2.10. The molecule has 0 aromatic rings. The molecule has 5 heteroatoms. The van der Waals surface area contributed by atoms with Gasteiger partial charge in [-0.3, -0.25) is 4.79 Å². The molecule has 3 amide bonds. The molecule has 1 aliphatic rings. The first-order valence-electron chi connectivity index (χ1n) is 6.40. The van der Waals surface area contributed by atoms with Crippen molar-refractivity contribution in [1.82, 2.24) is 10.2 Å². The van der Waals surface area contributed by atoms with E-state index in [0.717, 1.165) is 32.4 Å². The smallest absolute Gasteiger partial charge is 0.317 e. The van der Waals surface area contributed by atoms with E-state index in [-0.39, 0.29) is 11.9 Å². The standard InChI is InChI=1S/C12H23N3O2/c1-10-5-4-8-15(9-10)12(17)14-7-3-2-6-11(13)16/h10H,2-9H2,1H3,(H2,13,16)(H,14,17). The van der Waals surface area contributed by atoms with Gasteiger partial charge in [0.15, 0.2) is 0 Å². The van der Waals surface area contributed by atoms with Gasteiger partial charge in [0.2, 0.25) is 5.91 Å². The van der Waals surface area contributed by atoms with Crippen LogP contribution in [-0.2, 0) is 4.79 Å². The number of hydrogen-bond acceptors (Lipinski definition) is 2. The van der Waals surface area contributed by atoms with E-state index in [0.29, 0.717) is 18.9 Å². The number of likely N-dealkylation sites (tertiary alicyclic amines) is 1. The number of nitrogens with one attached hydrogen (secondary N) is 1. The summed E-state index contributed by atoms with van der Waals surface area (Å²) in [5, 5.41) is 2.88. The van der Waals surface area contributed by atoms with Crippen molar-refractivity contribution in [1.29, 1.82) is 0 Å². The van der Waals surface area contributed by atoms with Crippen LogP contribution in [0.3, 0.4) is 0 Å². The van der Waals surface area contributed by atoms with E-state index in [4.69, 9.17) is 5.73 Å². The van der Waals surface area contributed by atoms with Crippen LogP contribution in [0.25, 0.3) is 0 Å². The quantitative estimate of drug-likeness (QED) is 0.707. The number of unbranched alkanes of at least 4 members (excludes halogenated alkanes) is 1. The predicted octanol–water partition coefficient (Wildman–Crippen LogP) is 1.08. The minimum Gasteiger partial charge on any atom is -0.370 e. The number of nitrogens with zero attached hydrogens (tertiary/aromatic N) is 1. The van der Waals surface area contributed by atoms with Gasteiger partial charge < -0.3 is 16.0 Å². The first-order chi connectivity index (χ1) is 8.09. The van der Waals surface area contributed by atoms with E-state index in [1.54, 1.807) is 0 Å². The second kappa shape index (κ2) is 7.14. The van der Waals surface area contributed by atoms with E-state index in [9.17, 15) is 9.59 Å². The first-order valence-corrected chi connectivity index (χ1v) is 6.40. The van der Waals surface area contributed by atoms with Crippen molar-refractivity contribution in [2.45, 2.75) is 39.0 Å². The zero-order chi connectivity index (χ0) is 12.7. The first kappa shape index (κ1) is 13.8. The van der Waals surface area contributed by atoms with Crippen molar-refractivity contribution < 1.29 is 9.59 Å². The average molecular weight is 241 g/mol. The highest BCUT2D eigenvalue weighted by atomic mass is 16.2. The molecule has 0 aromatic heterocycles. The van der Waals surface area contributed by atoms with Gasteiger partial charge in [-0.1, -0.05) is 6.92 Å². The lowest BCUT2D eigenvalue weighted by Crippen LogP contribution is -2.45. The maximum absolute atomic E-state index is 11.8. The molecule has 1 unspecified atom stereocenters. The van der Waals surface area contributed by atoms with E-state index >= 15 is 0 Å². The van der Waals surface area contributed by atoms with Crippen LogP contribution in [0.5, 0.6) is 0 Å². The molecule has 0 radical (unpaired) electrons. The second-order valence-electron chi connectivity index (χ2n) is 4.85. The number of rotatable bonds is 5. The lowest BCUT2D eigenvalue weighted by Gasteiger charge is -2.30. The Kier molecular flexibility index (Phi) is 5.80. The van der Waals surface area contributed by atoms with Crippen molar-refractivity contribution in [2.75, 3.05) is 19.6 Å². The van der Waals surface area contributed by atoms with Crippen LogP contribution in [-0.4, -0.2) is 36.5 Å². The molecule has 1 atom stereocenters. The molecule has 0 bridgehead atoms. The second-order valence-corrected chi connectivity index (χ2v) is 4.85. The van der Waals surface area contributed by atoms with Crippen molar-refractivity contribution in [2.24, 2.45) is 11.7 Å². The molecule has 1 aliphatic heterocycles. The fourth-order valence-corrected chi connectivity index (χ4v) is 2.11. The van der Waals surface area contributed by atoms with Gasteiger partial charge >= 0.3 is 6.03 Å². The molecule has 1 heterocycles. The van der Waals surface area contributed by atoms with Gasteiger partial charge in [0.05, 0.1) is 0 Å². The lowest BCUT2D eigenvalue weighted by molar-refractivity contribution is -0.118. The van der Waals surface area contributed by atoms with Gasteiger partial charge in [-0.2, -0.15) is 0 Å². The van der Waals surface area contributed by atoms with Crippen LogP contribution in [0, 0.1) is 5.92 Å². The lowest BCUT2D eigenvalue weighted by atomic mass is 10.0. The van der Waals surface area contributed by atoms with Crippen molar-refractivity contribution in [3.63, 3.8) is 0 Å². The predicted molar refractivity (Wildman–Crippen MR) is 66.4 cm³/mol. The minimum atomic E-state index is -0.277. The van der Waals surface area contributed by atoms with E-state index in [2.05, 4.69) is 12.2 Å². The number of primary amides is 1. The molecule has 0 spiro atoms. The van der Waals surface area contributed by atoms with E-state index in [1.807, 2.05) is 4.90 Å². The molecule has 0 saturated carbocycles. The highest BCUT2D eigenvalue weighted by Crippen LogP contribution is 2.15. The van der Waals surface area contributed by atoms with Gasteiger partial charge in [0.1, 0.15) is 0 Å². The number of amides is 3. The molecule has 0 aliphatic carbocycles. The van der Waals surface area contributed by atoms with Gasteiger partial charge in [-0.15, -0.1) is 0 Å². The van der Waals surface area contributed by atoms with E-state index in [1.165, 1.54) is 6.42 Å². The van der Waals surface area contributed by atoms with Crippen LogP contribution in [0.1, 0.15) is 39.0 Å². The summed E-state index contributed by atoms with van der Waals surface area (Å²) in [4.78, 5) is 24.1. The topological polar surface area (TPSA) is 75.4 Å². The average Bonchev–Trinajstić information content (AvgIpc) is 2.28. The highest BCUT2D eigenvalue weighted by molar-refractivity contribution is 5.74. The number of piperidine rings is 1. The van der Waals surface area contributed by atoms with Crippen LogP contribution in [0.2, 0.25) is 0 Å². The summed E-state index contributed by atoms with van der Waals surface area (Å²) >= 11 is 0. The van der Waals surface area contributed by atoms with Gasteiger partial charge in [-0.05, 0) is 31.6 Å². The summed E-state index contributed by atoms with van der Waals surface area (Å²) in [7, 11) is 0. The van der Waals surface area contributed by atoms with E-state index < -0.39 is 0 Å². The van der Waals surface area contributed by atoms with Crippen molar-refractivity contribution >= 4 is 11.9 Å². The molecule has 98 valence electrons. The number of carbonyl (C=O) groups excluding carboxylic acids is 2. The minimum absolute atomic E-state index is 0.0237. The molecular formula is C12H23N3O2. The number of nitrogens with two attached hydrogens (primary N) is 1. The molecule has 1 fully saturated rings.